The summed E-state index contributed by atoms with van der Waals surface area (Å²) in [6.45, 7) is 0. The van der Waals surface area contributed by atoms with Crippen molar-refractivity contribution in [2.45, 2.75) is 12.1 Å². The quantitative estimate of drug-likeness (QED) is 0.772. The van der Waals surface area contributed by atoms with Crippen molar-refractivity contribution in [1.29, 1.82) is 0 Å². The van der Waals surface area contributed by atoms with Crippen molar-refractivity contribution < 1.29 is 10.4 Å². The van der Waals surface area contributed by atoms with Crippen LogP contribution in [0.4, 0.5) is 5.69 Å². The van der Waals surface area contributed by atoms with Gasteiger partial charge in [0, 0.05) is 0 Å². The van der Waals surface area contributed by atoms with Crippen LogP contribution >= 0.6 is 0 Å². The molecule has 0 heterocycles. The highest BCUT2D eigenvalue weighted by Crippen LogP contribution is 2.26. The van der Waals surface area contributed by atoms with Gasteiger partial charge in [0.25, 0.3) is 0 Å². The largest absolute Gasteiger partial charge is 0.382 e. The van der Waals surface area contributed by atoms with Crippen molar-refractivity contribution in [1.82, 2.24) is 0 Å². The Hall–Kier alpha value is -1.90. The molecule has 0 bridgehead atoms. The molecule has 0 saturated heterocycles. The van der Waals surface area contributed by atoms with E-state index in [4.69, 9.17) is 0 Å². The molecule has 2 atom stereocenters. The average Bonchev–Trinajstić information content (AvgIpc) is 2.43. The number of hydrogen-bond acceptors (Lipinski definition) is 1. The molecule has 3 rings (SSSR count). The molecule has 18 heavy (non-hydrogen) atoms. The van der Waals surface area contributed by atoms with E-state index in [0.29, 0.717) is 0 Å². The molecule has 2 aromatic carbocycles. The van der Waals surface area contributed by atoms with Crippen LogP contribution in [0.25, 0.3) is 6.08 Å². The molecule has 0 spiro atoms. The average molecular weight is 238 g/mol. The summed E-state index contributed by atoms with van der Waals surface area (Å²) in [5.74, 6) is 0. The smallest absolute Gasteiger partial charge is 0.140 e. The van der Waals surface area contributed by atoms with Gasteiger partial charge in [-0.15, -0.1) is 0 Å². The SMILES string of the molecule is O[C@H]1c2ccccc2C=C[C@H]1[NH2+]c1ccccc1. The summed E-state index contributed by atoms with van der Waals surface area (Å²) in [7, 11) is 0. The minimum atomic E-state index is -0.452. The molecule has 0 aromatic heterocycles. The van der Waals surface area contributed by atoms with E-state index in [-0.39, 0.29) is 6.04 Å². The molecule has 0 amide bonds. The summed E-state index contributed by atoms with van der Waals surface area (Å²) in [5, 5.41) is 12.5. The van der Waals surface area contributed by atoms with Gasteiger partial charge >= 0.3 is 0 Å². The molecule has 0 unspecified atom stereocenters. The molecule has 2 nitrogen and oxygen atoms in total. The van der Waals surface area contributed by atoms with Crippen LogP contribution in [0, 0.1) is 0 Å². The Morgan fingerprint density at radius 2 is 1.61 bits per heavy atom. The number of quaternary nitrogens is 1. The van der Waals surface area contributed by atoms with E-state index in [2.05, 4.69) is 29.6 Å². The van der Waals surface area contributed by atoms with Crippen molar-refractivity contribution in [3.63, 3.8) is 0 Å². The van der Waals surface area contributed by atoms with Gasteiger partial charge in [0.1, 0.15) is 17.8 Å². The summed E-state index contributed by atoms with van der Waals surface area (Å²) in [6, 6.07) is 18.2. The van der Waals surface area contributed by atoms with Gasteiger partial charge < -0.3 is 10.4 Å². The topological polar surface area (TPSA) is 36.8 Å². The molecule has 0 fully saturated rings. The van der Waals surface area contributed by atoms with Gasteiger partial charge in [0.15, 0.2) is 0 Å². The Bertz CT molecular complexity index is 562. The lowest BCUT2D eigenvalue weighted by molar-refractivity contribution is -0.609. The first kappa shape index (κ1) is 11.2. The van der Waals surface area contributed by atoms with Crippen LogP contribution in [0.1, 0.15) is 17.2 Å². The van der Waals surface area contributed by atoms with E-state index in [0.717, 1.165) is 16.8 Å². The number of benzene rings is 2. The number of para-hydroxylation sites is 1. The molecular formula is C16H16NO+. The Labute approximate surface area is 107 Å². The second kappa shape index (κ2) is 4.77. The third-order valence-corrected chi connectivity index (χ3v) is 3.36. The molecule has 2 aromatic rings. The first-order chi connectivity index (χ1) is 8.84. The highest BCUT2D eigenvalue weighted by Gasteiger charge is 2.26. The Morgan fingerprint density at radius 1 is 0.889 bits per heavy atom. The highest BCUT2D eigenvalue weighted by atomic mass is 16.3. The van der Waals surface area contributed by atoms with Crippen molar-refractivity contribution in [2.75, 3.05) is 0 Å². The van der Waals surface area contributed by atoms with E-state index in [1.807, 2.05) is 42.5 Å². The Balaban J connectivity index is 1.85. The second-order valence-electron chi connectivity index (χ2n) is 4.59. The fourth-order valence-electron chi connectivity index (χ4n) is 2.39. The molecule has 0 saturated carbocycles. The van der Waals surface area contributed by atoms with Crippen LogP contribution in [0.2, 0.25) is 0 Å². The van der Waals surface area contributed by atoms with Crippen molar-refractivity contribution in [3.8, 4) is 0 Å². The van der Waals surface area contributed by atoms with Crippen LogP contribution in [0.15, 0.2) is 60.7 Å². The van der Waals surface area contributed by atoms with Crippen LogP contribution in [0.3, 0.4) is 0 Å². The molecule has 3 N–H and O–H groups in total. The number of rotatable bonds is 2. The lowest BCUT2D eigenvalue weighted by Gasteiger charge is -2.23. The summed E-state index contributed by atoms with van der Waals surface area (Å²) < 4.78 is 0. The molecule has 0 aliphatic heterocycles. The highest BCUT2D eigenvalue weighted by molar-refractivity contribution is 5.58. The molecule has 0 radical (unpaired) electrons. The molecule has 2 heteroatoms. The lowest BCUT2D eigenvalue weighted by atomic mass is 9.91. The summed E-state index contributed by atoms with van der Waals surface area (Å²) in [6.07, 6.45) is 3.71. The van der Waals surface area contributed by atoms with Gasteiger partial charge in [-0.1, -0.05) is 48.5 Å². The lowest BCUT2D eigenvalue weighted by Crippen LogP contribution is -2.85. The minimum absolute atomic E-state index is 0.0438. The molecule has 1 aliphatic carbocycles. The fraction of sp³-hybridized carbons (Fsp3) is 0.125. The third kappa shape index (κ3) is 2.08. The Morgan fingerprint density at radius 3 is 2.44 bits per heavy atom. The van der Waals surface area contributed by atoms with Crippen LogP contribution < -0.4 is 5.32 Å². The maximum atomic E-state index is 10.4. The predicted octanol–water partition coefficient (Wildman–Crippen LogP) is 2.01. The van der Waals surface area contributed by atoms with Gasteiger partial charge in [-0.05, 0) is 29.3 Å². The standard InChI is InChI=1S/C16H15NO/c18-16-14-9-5-4-6-12(14)10-11-15(16)17-13-7-2-1-3-8-13/h1-11,15-18H/p+1/t15-,16+/m1/s1. The van der Waals surface area contributed by atoms with E-state index in [1.165, 1.54) is 0 Å². The number of hydrogen-bond donors (Lipinski definition) is 2. The first-order valence-electron chi connectivity index (χ1n) is 6.20. The van der Waals surface area contributed by atoms with Crippen molar-refractivity contribution in [3.05, 3.63) is 71.8 Å². The van der Waals surface area contributed by atoms with Crippen molar-refractivity contribution in [2.24, 2.45) is 0 Å². The van der Waals surface area contributed by atoms with Crippen molar-refractivity contribution >= 4 is 11.8 Å². The zero-order valence-electron chi connectivity index (χ0n) is 10.0. The van der Waals surface area contributed by atoms with Crippen LogP contribution in [0.5, 0.6) is 0 Å². The predicted molar refractivity (Wildman–Crippen MR) is 72.3 cm³/mol. The Kier molecular flexibility index (Phi) is 2.97. The maximum absolute atomic E-state index is 10.4. The van der Waals surface area contributed by atoms with Crippen LogP contribution in [-0.2, 0) is 0 Å². The van der Waals surface area contributed by atoms with Crippen LogP contribution in [-0.4, -0.2) is 11.1 Å². The van der Waals surface area contributed by atoms with E-state index >= 15 is 0 Å². The van der Waals surface area contributed by atoms with E-state index in [1.54, 1.807) is 0 Å². The summed E-state index contributed by atoms with van der Waals surface area (Å²) in [5.41, 5.74) is 3.27. The summed E-state index contributed by atoms with van der Waals surface area (Å²) >= 11 is 0. The van der Waals surface area contributed by atoms with Gasteiger partial charge in [-0.2, -0.15) is 0 Å². The first-order valence-corrected chi connectivity index (χ1v) is 6.20. The fourth-order valence-corrected chi connectivity index (χ4v) is 2.39. The van der Waals surface area contributed by atoms with Gasteiger partial charge in [-0.3, -0.25) is 0 Å². The number of fused-ring (bicyclic) bond motifs is 1. The minimum Gasteiger partial charge on any atom is -0.382 e. The third-order valence-electron chi connectivity index (χ3n) is 3.36. The maximum Gasteiger partial charge on any atom is 0.140 e. The monoisotopic (exact) mass is 238 g/mol. The molecular weight excluding hydrogens is 222 g/mol. The van der Waals surface area contributed by atoms with E-state index < -0.39 is 6.10 Å². The number of aliphatic hydroxyl groups excluding tert-OH is 1. The van der Waals surface area contributed by atoms with Gasteiger partial charge in [-0.25, -0.2) is 0 Å². The number of aliphatic hydroxyl groups is 1. The van der Waals surface area contributed by atoms with Gasteiger partial charge in [0.2, 0.25) is 0 Å². The normalized spacial score (nSPS) is 21.6. The number of nitrogens with two attached hydrogens (primary N) is 1. The molecule has 1 aliphatic rings. The summed E-state index contributed by atoms with van der Waals surface area (Å²) in [4.78, 5) is 0. The second-order valence-corrected chi connectivity index (χ2v) is 4.59. The zero-order chi connectivity index (χ0) is 12.4. The van der Waals surface area contributed by atoms with E-state index in [9.17, 15) is 5.11 Å². The zero-order valence-corrected chi connectivity index (χ0v) is 10.0. The molecule has 90 valence electrons. The van der Waals surface area contributed by atoms with Gasteiger partial charge in [0.05, 0.1) is 0 Å².